The number of H-pyrrole nitrogens is 1. The lowest BCUT2D eigenvalue weighted by Crippen LogP contribution is -2.14. The maximum absolute atomic E-state index is 12.4. The second-order valence-corrected chi connectivity index (χ2v) is 6.34. The second-order valence-electron chi connectivity index (χ2n) is 6.34. The highest BCUT2D eigenvalue weighted by molar-refractivity contribution is 6.05. The van der Waals surface area contributed by atoms with Crippen molar-refractivity contribution >= 4 is 22.8 Å². The van der Waals surface area contributed by atoms with Crippen molar-refractivity contribution in [1.29, 1.82) is 0 Å². The maximum Gasteiger partial charge on any atom is 0.413 e. The third-order valence-corrected chi connectivity index (χ3v) is 4.52. The predicted molar refractivity (Wildman–Crippen MR) is 111 cm³/mol. The molecule has 1 aromatic heterocycles. The summed E-state index contributed by atoms with van der Waals surface area (Å²) in [6.07, 6.45) is -0.509. The molecule has 0 aliphatic carbocycles. The van der Waals surface area contributed by atoms with E-state index in [9.17, 15) is 4.79 Å². The number of rotatable bonds is 5. The molecule has 2 N–H and O–H groups in total. The Bertz CT molecular complexity index is 1090. The number of nitrogens with one attached hydrogen (secondary N) is 2. The third-order valence-electron chi connectivity index (χ3n) is 4.52. The molecule has 4 aromatic rings. The first-order valence-corrected chi connectivity index (χ1v) is 8.97. The van der Waals surface area contributed by atoms with Crippen LogP contribution in [-0.2, 0) is 11.3 Å². The predicted octanol–water partition coefficient (Wildman–Crippen LogP) is 5.59. The van der Waals surface area contributed by atoms with Gasteiger partial charge in [0.2, 0.25) is 0 Å². The van der Waals surface area contributed by atoms with Gasteiger partial charge in [0.15, 0.2) is 0 Å². The Kier molecular flexibility index (Phi) is 4.97. The molecule has 0 bridgehead atoms. The van der Waals surface area contributed by atoms with Gasteiger partial charge in [0.1, 0.15) is 18.2 Å². The van der Waals surface area contributed by atoms with Gasteiger partial charge in [0.05, 0.1) is 7.11 Å². The molecule has 28 heavy (non-hydrogen) atoms. The molecule has 0 aliphatic rings. The zero-order valence-electron chi connectivity index (χ0n) is 15.4. The highest BCUT2D eigenvalue weighted by Gasteiger charge is 2.16. The lowest BCUT2D eigenvalue weighted by Gasteiger charge is -2.09. The Morgan fingerprint density at radius 2 is 1.64 bits per heavy atom. The van der Waals surface area contributed by atoms with Gasteiger partial charge in [0.25, 0.3) is 0 Å². The molecule has 5 nitrogen and oxygen atoms in total. The van der Waals surface area contributed by atoms with Gasteiger partial charge in [-0.15, -0.1) is 0 Å². The number of anilines is 1. The van der Waals surface area contributed by atoms with Gasteiger partial charge >= 0.3 is 6.09 Å². The Morgan fingerprint density at radius 3 is 2.39 bits per heavy atom. The van der Waals surface area contributed by atoms with E-state index in [0.29, 0.717) is 5.82 Å². The molecular weight excluding hydrogens is 352 g/mol. The van der Waals surface area contributed by atoms with E-state index in [0.717, 1.165) is 33.3 Å². The number of carbonyl (C=O) groups excluding carboxylic acids is 1. The Balaban J connectivity index is 1.61. The average molecular weight is 372 g/mol. The molecule has 140 valence electrons. The van der Waals surface area contributed by atoms with Crippen molar-refractivity contribution in [2.24, 2.45) is 0 Å². The molecule has 3 aromatic carbocycles. The molecule has 0 saturated heterocycles. The molecule has 0 aliphatic heterocycles. The van der Waals surface area contributed by atoms with Crippen LogP contribution >= 0.6 is 0 Å². The van der Waals surface area contributed by atoms with E-state index in [4.69, 9.17) is 9.47 Å². The number of hydrogen-bond donors (Lipinski definition) is 2. The summed E-state index contributed by atoms with van der Waals surface area (Å²) >= 11 is 0. The number of hydrogen-bond acceptors (Lipinski definition) is 3. The molecule has 1 amide bonds. The van der Waals surface area contributed by atoms with E-state index in [1.165, 1.54) is 0 Å². The van der Waals surface area contributed by atoms with E-state index in [1.807, 2.05) is 78.9 Å². The van der Waals surface area contributed by atoms with E-state index in [-0.39, 0.29) is 6.61 Å². The first kappa shape index (κ1) is 17.7. The fraction of sp³-hybridized carbons (Fsp3) is 0.0870. The van der Waals surface area contributed by atoms with Crippen molar-refractivity contribution in [2.75, 3.05) is 12.4 Å². The van der Waals surface area contributed by atoms with Crippen LogP contribution in [0.1, 0.15) is 5.56 Å². The number of aromatic amines is 1. The Morgan fingerprint density at radius 1 is 0.929 bits per heavy atom. The highest BCUT2D eigenvalue weighted by Crippen LogP contribution is 2.36. The highest BCUT2D eigenvalue weighted by atomic mass is 16.5. The first-order valence-electron chi connectivity index (χ1n) is 8.97. The summed E-state index contributed by atoms with van der Waals surface area (Å²) in [6.45, 7) is 0.213. The first-order chi connectivity index (χ1) is 13.7. The summed E-state index contributed by atoms with van der Waals surface area (Å²) in [4.78, 5) is 15.7. The molecule has 0 unspecified atom stereocenters. The maximum atomic E-state index is 12.4. The zero-order chi connectivity index (χ0) is 19.3. The van der Waals surface area contributed by atoms with Crippen LogP contribution in [0.3, 0.4) is 0 Å². The van der Waals surface area contributed by atoms with Gasteiger partial charge in [-0.1, -0.05) is 60.7 Å². The van der Waals surface area contributed by atoms with Gasteiger partial charge in [-0.05, 0) is 29.3 Å². The fourth-order valence-electron chi connectivity index (χ4n) is 3.15. The molecule has 5 heteroatoms. The summed E-state index contributed by atoms with van der Waals surface area (Å²) < 4.78 is 10.6. The molecular formula is C23H20N2O3. The van der Waals surface area contributed by atoms with Crippen molar-refractivity contribution < 1.29 is 14.3 Å². The van der Waals surface area contributed by atoms with Gasteiger partial charge in [-0.25, -0.2) is 4.79 Å². The van der Waals surface area contributed by atoms with Crippen LogP contribution in [-0.4, -0.2) is 18.2 Å². The molecule has 0 atom stereocenters. The van der Waals surface area contributed by atoms with E-state index in [2.05, 4.69) is 10.3 Å². The number of methoxy groups -OCH3 is 1. The van der Waals surface area contributed by atoms with Gasteiger partial charge in [-0.3, -0.25) is 5.32 Å². The Hall–Kier alpha value is -3.73. The monoisotopic (exact) mass is 372 g/mol. The van der Waals surface area contributed by atoms with Crippen LogP contribution in [0.2, 0.25) is 0 Å². The third kappa shape index (κ3) is 3.69. The summed E-state index contributed by atoms with van der Waals surface area (Å²) in [5.74, 6) is 1.38. The van der Waals surface area contributed by atoms with Crippen LogP contribution in [0.25, 0.3) is 22.0 Å². The second kappa shape index (κ2) is 7.88. The largest absolute Gasteiger partial charge is 0.497 e. The minimum atomic E-state index is -0.509. The quantitative estimate of drug-likeness (QED) is 0.480. The van der Waals surface area contributed by atoms with Crippen LogP contribution in [0, 0.1) is 0 Å². The van der Waals surface area contributed by atoms with Crippen molar-refractivity contribution in [3.63, 3.8) is 0 Å². The van der Waals surface area contributed by atoms with Gasteiger partial charge < -0.3 is 14.5 Å². The molecule has 0 radical (unpaired) electrons. The van der Waals surface area contributed by atoms with Crippen LogP contribution < -0.4 is 10.1 Å². The number of amides is 1. The van der Waals surface area contributed by atoms with Crippen LogP contribution in [0.4, 0.5) is 10.6 Å². The van der Waals surface area contributed by atoms with Crippen LogP contribution in [0.5, 0.6) is 5.75 Å². The standard InChI is InChI=1S/C23H20N2O3/c1-27-18-13-11-17(12-14-18)21-19-9-5-6-10-20(19)24-22(21)25-23(26)28-15-16-7-3-2-4-8-16/h2-14,24H,15H2,1H3,(H,25,26). The fourth-order valence-corrected chi connectivity index (χ4v) is 3.15. The summed E-state index contributed by atoms with van der Waals surface area (Å²) in [6, 6.07) is 25.2. The number of benzene rings is 3. The molecule has 0 fully saturated rings. The number of para-hydroxylation sites is 1. The number of aromatic nitrogens is 1. The number of ether oxygens (including phenoxy) is 2. The molecule has 0 spiro atoms. The normalized spacial score (nSPS) is 10.6. The van der Waals surface area contributed by atoms with Crippen molar-refractivity contribution in [3.8, 4) is 16.9 Å². The average Bonchev–Trinajstić information content (AvgIpc) is 3.11. The van der Waals surface area contributed by atoms with E-state index in [1.54, 1.807) is 7.11 Å². The minimum absolute atomic E-state index is 0.213. The summed E-state index contributed by atoms with van der Waals surface area (Å²) in [5, 5.41) is 3.87. The van der Waals surface area contributed by atoms with Gasteiger partial charge in [0, 0.05) is 16.5 Å². The molecule has 0 saturated carbocycles. The van der Waals surface area contributed by atoms with Crippen molar-refractivity contribution in [1.82, 2.24) is 4.98 Å². The minimum Gasteiger partial charge on any atom is -0.497 e. The topological polar surface area (TPSA) is 63.4 Å². The number of carbonyl (C=O) groups is 1. The molecule has 1 heterocycles. The number of fused-ring (bicyclic) bond motifs is 1. The lowest BCUT2D eigenvalue weighted by molar-refractivity contribution is 0.155. The Labute approximate surface area is 162 Å². The van der Waals surface area contributed by atoms with E-state index < -0.39 is 6.09 Å². The summed E-state index contributed by atoms with van der Waals surface area (Å²) in [5.41, 5.74) is 3.75. The summed E-state index contributed by atoms with van der Waals surface area (Å²) in [7, 11) is 1.64. The van der Waals surface area contributed by atoms with Gasteiger partial charge in [-0.2, -0.15) is 0 Å². The molecule has 4 rings (SSSR count). The zero-order valence-corrected chi connectivity index (χ0v) is 15.4. The lowest BCUT2D eigenvalue weighted by atomic mass is 10.0. The van der Waals surface area contributed by atoms with Crippen molar-refractivity contribution in [2.45, 2.75) is 6.61 Å². The smallest absolute Gasteiger partial charge is 0.413 e. The van der Waals surface area contributed by atoms with Crippen LogP contribution in [0.15, 0.2) is 78.9 Å². The van der Waals surface area contributed by atoms with Crippen molar-refractivity contribution in [3.05, 3.63) is 84.4 Å². The van der Waals surface area contributed by atoms with E-state index >= 15 is 0 Å². The SMILES string of the molecule is COc1ccc(-c2c(NC(=O)OCc3ccccc3)[nH]c3ccccc23)cc1.